The molecule has 2 rings (SSSR count). The summed E-state index contributed by atoms with van der Waals surface area (Å²) in [5, 5.41) is 8.62. The molecule has 0 saturated carbocycles. The maximum atomic E-state index is 8.62. The molecule has 84 valence electrons. The first-order valence-electron chi connectivity index (χ1n) is 4.78. The highest BCUT2D eigenvalue weighted by molar-refractivity contribution is 9.10. The number of pyridine rings is 1. The third kappa shape index (κ3) is 2.74. The van der Waals surface area contributed by atoms with Gasteiger partial charge in [0.15, 0.2) is 0 Å². The molecule has 4 nitrogen and oxygen atoms in total. The first-order chi connectivity index (χ1) is 8.19. The number of benzene rings is 1. The molecule has 0 radical (unpaired) electrons. The summed E-state index contributed by atoms with van der Waals surface area (Å²) >= 11 is 3.36. The lowest BCUT2D eigenvalue weighted by atomic mass is 10.3. The van der Waals surface area contributed by atoms with Gasteiger partial charge in [-0.2, -0.15) is 5.26 Å². The highest BCUT2D eigenvalue weighted by atomic mass is 79.9. The molecule has 5 heteroatoms. The second-order valence-electron chi connectivity index (χ2n) is 3.28. The molecule has 0 spiro atoms. The summed E-state index contributed by atoms with van der Waals surface area (Å²) in [5.41, 5.74) is 6.63. The molecule has 0 fully saturated rings. The summed E-state index contributed by atoms with van der Waals surface area (Å²) in [6.45, 7) is 0. The number of nitrogens with zero attached hydrogens (tertiary/aromatic N) is 2. The Morgan fingerprint density at radius 2 is 2.12 bits per heavy atom. The predicted molar refractivity (Wildman–Crippen MR) is 67.6 cm³/mol. The van der Waals surface area contributed by atoms with Gasteiger partial charge >= 0.3 is 0 Å². The van der Waals surface area contributed by atoms with E-state index in [9.17, 15) is 0 Å². The van der Waals surface area contributed by atoms with Gasteiger partial charge in [-0.3, -0.25) is 0 Å². The Morgan fingerprint density at radius 3 is 2.76 bits per heavy atom. The van der Waals surface area contributed by atoms with Crippen LogP contribution < -0.4 is 10.5 Å². The SMILES string of the molecule is N#Cc1ccc(Oc2cc(N)ccc2Br)cn1. The molecule has 0 unspecified atom stereocenters. The number of hydrogen-bond donors (Lipinski definition) is 1. The number of halogens is 1. The fourth-order valence-electron chi connectivity index (χ4n) is 1.23. The second-order valence-corrected chi connectivity index (χ2v) is 4.14. The molecule has 17 heavy (non-hydrogen) atoms. The normalized spacial score (nSPS) is 9.65. The van der Waals surface area contributed by atoms with E-state index in [1.807, 2.05) is 12.1 Å². The minimum absolute atomic E-state index is 0.351. The molecule has 1 aromatic heterocycles. The number of hydrogen-bond acceptors (Lipinski definition) is 4. The fraction of sp³-hybridized carbons (Fsp3) is 0. The summed E-state index contributed by atoms with van der Waals surface area (Å²) in [7, 11) is 0. The standard InChI is InChI=1S/C12H8BrN3O/c13-11-4-1-8(15)5-12(11)17-10-3-2-9(6-14)16-7-10/h1-5,7H,15H2. The molecule has 0 atom stereocenters. The third-order valence-electron chi connectivity index (χ3n) is 2.03. The molecular weight excluding hydrogens is 282 g/mol. The fourth-order valence-corrected chi connectivity index (χ4v) is 1.56. The summed E-state index contributed by atoms with van der Waals surface area (Å²) in [5.74, 6) is 1.16. The molecule has 1 aromatic carbocycles. The lowest BCUT2D eigenvalue weighted by Gasteiger charge is -2.07. The van der Waals surface area contributed by atoms with Crippen LogP contribution in [0.15, 0.2) is 41.0 Å². The van der Waals surface area contributed by atoms with Crippen molar-refractivity contribution < 1.29 is 4.74 Å². The lowest BCUT2D eigenvalue weighted by Crippen LogP contribution is -1.90. The number of nitrogen functional groups attached to an aromatic ring is 1. The van der Waals surface area contributed by atoms with E-state index in [2.05, 4.69) is 20.9 Å². The Bertz CT molecular complexity index is 575. The van der Waals surface area contributed by atoms with Gasteiger partial charge in [0.25, 0.3) is 0 Å². The Labute approximate surface area is 107 Å². The zero-order valence-corrected chi connectivity index (χ0v) is 10.3. The van der Waals surface area contributed by atoms with E-state index in [0.29, 0.717) is 22.9 Å². The number of ether oxygens (including phenoxy) is 1. The average molecular weight is 290 g/mol. The van der Waals surface area contributed by atoms with E-state index < -0.39 is 0 Å². The molecule has 1 heterocycles. The van der Waals surface area contributed by atoms with Crippen LogP contribution in [0.25, 0.3) is 0 Å². The number of nitriles is 1. The van der Waals surface area contributed by atoms with Gasteiger partial charge in [0, 0.05) is 11.8 Å². The molecule has 0 aliphatic carbocycles. The van der Waals surface area contributed by atoms with Crippen molar-refractivity contribution in [3.8, 4) is 17.6 Å². The highest BCUT2D eigenvalue weighted by Gasteiger charge is 2.03. The minimum atomic E-state index is 0.351. The highest BCUT2D eigenvalue weighted by Crippen LogP contribution is 2.31. The van der Waals surface area contributed by atoms with E-state index in [0.717, 1.165) is 4.47 Å². The number of nitrogens with two attached hydrogens (primary N) is 1. The summed E-state index contributed by atoms with van der Waals surface area (Å²) < 4.78 is 6.39. The van der Waals surface area contributed by atoms with Gasteiger partial charge < -0.3 is 10.5 Å². The van der Waals surface area contributed by atoms with Gasteiger partial charge in [-0.1, -0.05) is 0 Å². The molecular formula is C12H8BrN3O. The van der Waals surface area contributed by atoms with Crippen molar-refractivity contribution in [1.82, 2.24) is 4.98 Å². The van der Waals surface area contributed by atoms with E-state index >= 15 is 0 Å². The van der Waals surface area contributed by atoms with Crippen LogP contribution in [0, 0.1) is 11.3 Å². The summed E-state index contributed by atoms with van der Waals surface area (Å²) in [4.78, 5) is 3.91. The van der Waals surface area contributed by atoms with Crippen molar-refractivity contribution in [2.24, 2.45) is 0 Å². The van der Waals surface area contributed by atoms with Crippen molar-refractivity contribution in [2.75, 3.05) is 5.73 Å². The second kappa shape index (κ2) is 4.85. The summed E-state index contributed by atoms with van der Waals surface area (Å²) in [6, 6.07) is 10.5. The van der Waals surface area contributed by atoms with E-state index in [4.69, 9.17) is 15.7 Å². The average Bonchev–Trinajstić information content (AvgIpc) is 2.35. The van der Waals surface area contributed by atoms with Gasteiger partial charge in [0.1, 0.15) is 23.3 Å². The first kappa shape index (κ1) is 11.4. The molecule has 0 bridgehead atoms. The van der Waals surface area contributed by atoms with Crippen molar-refractivity contribution in [1.29, 1.82) is 5.26 Å². The number of rotatable bonds is 2. The van der Waals surface area contributed by atoms with Gasteiger partial charge in [0.05, 0.1) is 10.7 Å². The van der Waals surface area contributed by atoms with Crippen LogP contribution in [0.3, 0.4) is 0 Å². The van der Waals surface area contributed by atoms with Gasteiger partial charge in [-0.15, -0.1) is 0 Å². The Morgan fingerprint density at radius 1 is 1.29 bits per heavy atom. The van der Waals surface area contributed by atoms with E-state index in [1.54, 1.807) is 24.3 Å². The Kier molecular flexibility index (Phi) is 3.26. The quantitative estimate of drug-likeness (QED) is 0.863. The van der Waals surface area contributed by atoms with Crippen molar-refractivity contribution >= 4 is 21.6 Å². The molecule has 0 aliphatic heterocycles. The van der Waals surface area contributed by atoms with E-state index in [-0.39, 0.29) is 0 Å². The Hall–Kier alpha value is -2.06. The molecule has 0 aliphatic rings. The Balaban J connectivity index is 2.25. The largest absolute Gasteiger partial charge is 0.454 e. The molecule has 2 aromatic rings. The van der Waals surface area contributed by atoms with Crippen LogP contribution in [0.1, 0.15) is 5.69 Å². The maximum absolute atomic E-state index is 8.62. The van der Waals surface area contributed by atoms with Gasteiger partial charge in [-0.25, -0.2) is 4.98 Å². The van der Waals surface area contributed by atoms with Crippen LogP contribution in [-0.2, 0) is 0 Å². The third-order valence-corrected chi connectivity index (χ3v) is 2.69. The van der Waals surface area contributed by atoms with Crippen LogP contribution in [0.5, 0.6) is 11.5 Å². The molecule has 2 N–H and O–H groups in total. The monoisotopic (exact) mass is 289 g/mol. The van der Waals surface area contributed by atoms with Gasteiger partial charge in [0.2, 0.25) is 0 Å². The first-order valence-corrected chi connectivity index (χ1v) is 5.57. The molecule has 0 amide bonds. The zero-order chi connectivity index (χ0) is 12.3. The number of aromatic nitrogens is 1. The van der Waals surface area contributed by atoms with Crippen molar-refractivity contribution in [3.63, 3.8) is 0 Å². The summed E-state index contributed by atoms with van der Waals surface area (Å²) in [6.07, 6.45) is 1.49. The minimum Gasteiger partial charge on any atom is -0.454 e. The smallest absolute Gasteiger partial charge is 0.145 e. The van der Waals surface area contributed by atoms with Crippen LogP contribution >= 0.6 is 15.9 Å². The van der Waals surface area contributed by atoms with Crippen LogP contribution in [-0.4, -0.2) is 4.98 Å². The molecule has 0 saturated heterocycles. The van der Waals surface area contributed by atoms with Crippen LogP contribution in [0.4, 0.5) is 5.69 Å². The van der Waals surface area contributed by atoms with E-state index in [1.165, 1.54) is 6.20 Å². The predicted octanol–water partition coefficient (Wildman–Crippen LogP) is 3.09. The van der Waals surface area contributed by atoms with Crippen molar-refractivity contribution in [3.05, 3.63) is 46.7 Å². The maximum Gasteiger partial charge on any atom is 0.145 e. The number of anilines is 1. The van der Waals surface area contributed by atoms with Gasteiger partial charge in [-0.05, 0) is 40.2 Å². The van der Waals surface area contributed by atoms with Crippen molar-refractivity contribution in [2.45, 2.75) is 0 Å². The van der Waals surface area contributed by atoms with Crippen LogP contribution in [0.2, 0.25) is 0 Å². The topological polar surface area (TPSA) is 71.9 Å². The lowest BCUT2D eigenvalue weighted by molar-refractivity contribution is 0.477. The zero-order valence-electron chi connectivity index (χ0n) is 8.72.